The number of rotatable bonds is 42. The van der Waals surface area contributed by atoms with Crippen LogP contribution >= 0.6 is 70.6 Å². The van der Waals surface area contributed by atoms with Crippen molar-refractivity contribution in [2.24, 2.45) is 0 Å². The number of thioether (sulfide) groups is 6. The van der Waals surface area contributed by atoms with Crippen LogP contribution in [0.4, 0.5) is 0 Å². The molecule has 1 aliphatic carbocycles. The van der Waals surface area contributed by atoms with E-state index in [1.807, 2.05) is 0 Å². The summed E-state index contributed by atoms with van der Waals surface area (Å²) in [6.45, 7) is 12.6. The SMILES string of the molecule is CCCCSCCC(=O)OC1C(OC(=O)CCSCCCC)C(OC(=O)CCSCCCC)C(OC(=O)CCSCCCC)C(OC(=O)CCSCCCC)C1OC(=O)CCSCCCC. The average Bonchev–Trinajstić information content (AvgIpc) is 3.29. The van der Waals surface area contributed by atoms with E-state index >= 15 is 0 Å². The summed E-state index contributed by atoms with van der Waals surface area (Å²) in [6.07, 6.45) is 2.36. The van der Waals surface area contributed by atoms with Crippen molar-refractivity contribution in [1.82, 2.24) is 0 Å². The fraction of sp³-hybridized carbons (Fsp3) is 0.875. The Morgan fingerprint density at radius 2 is 0.394 bits per heavy atom. The van der Waals surface area contributed by atoms with E-state index in [1.54, 1.807) is 70.6 Å². The van der Waals surface area contributed by atoms with Gasteiger partial charge in [-0.2, -0.15) is 70.6 Å². The second-order valence-electron chi connectivity index (χ2n) is 16.0. The highest BCUT2D eigenvalue weighted by Crippen LogP contribution is 2.36. The summed E-state index contributed by atoms with van der Waals surface area (Å²) in [5, 5.41) is 0. The van der Waals surface area contributed by atoms with E-state index in [0.717, 1.165) is 112 Å². The van der Waals surface area contributed by atoms with Crippen LogP contribution in [-0.4, -0.2) is 141 Å². The molecule has 1 aliphatic rings. The van der Waals surface area contributed by atoms with Crippen LogP contribution in [0.3, 0.4) is 0 Å². The first-order chi connectivity index (χ1) is 32.1. The fourth-order valence-corrected chi connectivity index (χ4v) is 12.3. The molecule has 0 unspecified atom stereocenters. The van der Waals surface area contributed by atoms with Gasteiger partial charge in [-0.1, -0.05) is 80.1 Å². The third-order valence-corrected chi connectivity index (χ3v) is 16.5. The minimum Gasteiger partial charge on any atom is -0.454 e. The lowest BCUT2D eigenvalue weighted by atomic mass is 9.83. The number of carbonyl (C=O) groups excluding carboxylic acids is 6. The predicted octanol–water partition coefficient (Wildman–Crippen LogP) is 11.0. The van der Waals surface area contributed by atoms with Crippen molar-refractivity contribution in [3.05, 3.63) is 0 Å². The quantitative estimate of drug-likeness (QED) is 0.0323. The van der Waals surface area contributed by atoms with Crippen molar-refractivity contribution in [1.29, 1.82) is 0 Å². The summed E-state index contributed by atoms with van der Waals surface area (Å²) in [4.78, 5) is 83.3. The van der Waals surface area contributed by atoms with Crippen LogP contribution in [0, 0.1) is 0 Å². The van der Waals surface area contributed by atoms with Gasteiger partial charge < -0.3 is 28.4 Å². The first-order valence-corrected chi connectivity index (χ1v) is 31.6. The molecule has 0 radical (unpaired) electrons. The molecule has 0 aromatic heterocycles. The molecular weight excluding hydrogens is 961 g/mol. The molecule has 66 heavy (non-hydrogen) atoms. The van der Waals surface area contributed by atoms with Crippen LogP contribution in [0.5, 0.6) is 0 Å². The van der Waals surface area contributed by atoms with Crippen LogP contribution in [0.15, 0.2) is 0 Å². The summed E-state index contributed by atoms with van der Waals surface area (Å²) in [5.41, 5.74) is 0. The Kier molecular flexibility index (Phi) is 40.8. The Bertz CT molecular complexity index is 1050. The summed E-state index contributed by atoms with van der Waals surface area (Å²) < 4.78 is 37.3. The molecule has 0 spiro atoms. The lowest BCUT2D eigenvalue weighted by Gasteiger charge is -2.47. The fourth-order valence-electron chi connectivity index (χ4n) is 6.21. The molecule has 0 aromatic rings. The van der Waals surface area contributed by atoms with Crippen LogP contribution in [0.2, 0.25) is 0 Å². The van der Waals surface area contributed by atoms with Gasteiger partial charge in [0, 0.05) is 34.5 Å². The number of ether oxygens (including phenoxy) is 6. The first-order valence-electron chi connectivity index (χ1n) is 24.7. The molecule has 1 saturated carbocycles. The molecular formula is C48H84O12S6. The van der Waals surface area contributed by atoms with Gasteiger partial charge in [-0.05, 0) is 73.0 Å². The van der Waals surface area contributed by atoms with Crippen molar-refractivity contribution >= 4 is 106 Å². The highest BCUT2D eigenvalue weighted by Gasteiger charge is 2.61. The normalized spacial score (nSPS) is 19.2. The molecule has 18 heteroatoms. The van der Waals surface area contributed by atoms with Crippen molar-refractivity contribution < 1.29 is 57.2 Å². The van der Waals surface area contributed by atoms with Crippen molar-refractivity contribution in [3.63, 3.8) is 0 Å². The predicted molar refractivity (Wildman–Crippen MR) is 280 cm³/mol. The van der Waals surface area contributed by atoms with Gasteiger partial charge in [0.2, 0.25) is 0 Å². The van der Waals surface area contributed by atoms with Crippen LogP contribution < -0.4 is 0 Å². The van der Waals surface area contributed by atoms with Crippen molar-refractivity contribution in [2.75, 3.05) is 69.0 Å². The monoisotopic (exact) mass is 1040 g/mol. The highest BCUT2D eigenvalue weighted by atomic mass is 32.2. The molecule has 0 saturated heterocycles. The van der Waals surface area contributed by atoms with Gasteiger partial charge in [0.05, 0.1) is 38.5 Å². The summed E-state index contributed by atoms with van der Waals surface area (Å²) in [5.74, 6) is 3.85. The van der Waals surface area contributed by atoms with E-state index < -0.39 is 72.4 Å². The highest BCUT2D eigenvalue weighted by molar-refractivity contribution is 8.00. The number of hydrogen-bond acceptors (Lipinski definition) is 18. The number of carbonyl (C=O) groups is 6. The van der Waals surface area contributed by atoms with E-state index in [-0.39, 0.29) is 38.5 Å². The van der Waals surface area contributed by atoms with Crippen LogP contribution in [0.25, 0.3) is 0 Å². The lowest BCUT2D eigenvalue weighted by molar-refractivity contribution is -0.261. The maximum Gasteiger partial charge on any atom is 0.307 e. The third kappa shape index (κ3) is 30.5. The molecule has 0 aromatic carbocycles. The lowest BCUT2D eigenvalue weighted by Crippen LogP contribution is -2.69. The minimum absolute atomic E-state index is 0.0126. The molecule has 384 valence electrons. The molecule has 12 nitrogen and oxygen atoms in total. The Morgan fingerprint density at radius 3 is 0.515 bits per heavy atom. The molecule has 1 fully saturated rings. The summed E-state index contributed by atoms with van der Waals surface area (Å²) in [7, 11) is 0. The van der Waals surface area contributed by atoms with Crippen molar-refractivity contribution in [2.45, 2.75) is 194 Å². The van der Waals surface area contributed by atoms with E-state index in [0.29, 0.717) is 34.5 Å². The molecule has 1 rings (SSSR count). The molecule has 0 N–H and O–H groups in total. The zero-order chi connectivity index (χ0) is 48.6. The van der Waals surface area contributed by atoms with Gasteiger partial charge in [0.25, 0.3) is 0 Å². The van der Waals surface area contributed by atoms with E-state index in [4.69, 9.17) is 28.4 Å². The van der Waals surface area contributed by atoms with Crippen molar-refractivity contribution in [3.8, 4) is 0 Å². The van der Waals surface area contributed by atoms with Gasteiger partial charge >= 0.3 is 35.8 Å². The summed E-state index contributed by atoms with van der Waals surface area (Å²) >= 11 is 9.62. The molecule has 0 aliphatic heterocycles. The second-order valence-corrected chi connectivity index (χ2v) is 23.4. The zero-order valence-corrected chi connectivity index (χ0v) is 45.9. The Morgan fingerprint density at radius 1 is 0.258 bits per heavy atom. The first kappa shape index (κ1) is 62.9. The Hall–Kier alpha value is -1.08. The van der Waals surface area contributed by atoms with Gasteiger partial charge in [-0.15, -0.1) is 0 Å². The Labute approximate surface area is 423 Å². The average molecular weight is 1050 g/mol. The van der Waals surface area contributed by atoms with Crippen LogP contribution in [-0.2, 0) is 57.2 Å². The van der Waals surface area contributed by atoms with Gasteiger partial charge in [-0.25, -0.2) is 0 Å². The molecule has 0 amide bonds. The zero-order valence-electron chi connectivity index (χ0n) is 41.0. The van der Waals surface area contributed by atoms with E-state index in [9.17, 15) is 28.8 Å². The molecule has 0 atom stereocenters. The van der Waals surface area contributed by atoms with Gasteiger partial charge in [-0.3, -0.25) is 28.8 Å². The Balaban J connectivity index is 3.97. The summed E-state index contributed by atoms with van der Waals surface area (Å²) in [6, 6.07) is 0. The largest absolute Gasteiger partial charge is 0.454 e. The number of esters is 6. The topological polar surface area (TPSA) is 158 Å². The molecule has 0 bridgehead atoms. The maximum atomic E-state index is 13.9. The van der Waals surface area contributed by atoms with Crippen LogP contribution in [0.1, 0.15) is 157 Å². The third-order valence-electron chi connectivity index (χ3n) is 10.1. The molecule has 0 heterocycles. The smallest absolute Gasteiger partial charge is 0.307 e. The maximum absolute atomic E-state index is 13.9. The van der Waals surface area contributed by atoms with Gasteiger partial charge in [0.15, 0.2) is 36.6 Å². The van der Waals surface area contributed by atoms with Gasteiger partial charge in [0.1, 0.15) is 0 Å². The number of unbranched alkanes of at least 4 members (excludes halogenated alkanes) is 6. The number of hydrogen-bond donors (Lipinski definition) is 0. The second kappa shape index (κ2) is 42.8. The standard InChI is InChI=1S/C48H84O12S6/c1-7-13-25-61-31-19-37(49)55-43-44(56-38(50)20-32-62-26-14-8-2)46(58-40(52)22-34-64-28-16-10-4)48(60-42(54)24-36-66-30-18-12-6)47(59-41(53)23-35-65-29-17-11-5)45(43)57-39(51)21-33-63-27-15-9-3/h43-48H,7-36H2,1-6H3. The van der Waals surface area contributed by atoms with E-state index in [2.05, 4.69) is 41.5 Å². The van der Waals surface area contributed by atoms with E-state index in [1.165, 1.54) is 0 Å². The minimum atomic E-state index is -1.58.